The zero-order valence-electron chi connectivity index (χ0n) is 9.64. The first-order chi connectivity index (χ1) is 9.27. The van der Waals surface area contributed by atoms with Crippen LogP contribution >= 0.6 is 11.6 Å². The second kappa shape index (κ2) is 5.04. The zero-order chi connectivity index (χ0) is 14.9. The summed E-state index contributed by atoms with van der Waals surface area (Å²) in [4.78, 5) is 27.5. The van der Waals surface area contributed by atoms with Crippen LogP contribution in [-0.4, -0.2) is 15.9 Å². The van der Waals surface area contributed by atoms with Crippen LogP contribution in [0.25, 0.3) is 0 Å². The van der Waals surface area contributed by atoms with Crippen LogP contribution < -0.4 is 10.9 Å². The summed E-state index contributed by atoms with van der Waals surface area (Å²) >= 11 is 5.60. The summed E-state index contributed by atoms with van der Waals surface area (Å²) < 4.78 is 37.5. The zero-order valence-corrected chi connectivity index (χ0v) is 10.4. The van der Waals surface area contributed by atoms with Gasteiger partial charge in [0.25, 0.3) is 11.5 Å². The Balaban J connectivity index is 2.29. The maximum absolute atomic E-state index is 12.5. The molecule has 0 aromatic carbocycles. The van der Waals surface area contributed by atoms with E-state index in [4.69, 9.17) is 11.6 Å². The summed E-state index contributed by atoms with van der Waals surface area (Å²) in [5.41, 5.74) is -2.40. The molecule has 5 nitrogen and oxygen atoms in total. The molecule has 0 bridgehead atoms. The van der Waals surface area contributed by atoms with Gasteiger partial charge in [-0.2, -0.15) is 13.2 Å². The number of carbonyl (C=O) groups excluding carboxylic acids is 1. The highest BCUT2D eigenvalue weighted by atomic mass is 35.5. The van der Waals surface area contributed by atoms with E-state index in [0.29, 0.717) is 12.3 Å². The minimum Gasteiger partial charge on any atom is -0.356 e. The maximum Gasteiger partial charge on any atom is 0.417 e. The van der Waals surface area contributed by atoms with Gasteiger partial charge in [0.2, 0.25) is 0 Å². The lowest BCUT2D eigenvalue weighted by Gasteiger charge is -2.08. The van der Waals surface area contributed by atoms with Crippen LogP contribution in [0.5, 0.6) is 0 Å². The molecule has 2 aromatic rings. The number of alkyl halides is 3. The van der Waals surface area contributed by atoms with Crippen molar-refractivity contribution < 1.29 is 18.0 Å². The molecule has 9 heteroatoms. The van der Waals surface area contributed by atoms with E-state index >= 15 is 0 Å². The number of aromatic amines is 2. The van der Waals surface area contributed by atoms with E-state index in [2.05, 4.69) is 10.3 Å². The molecular formula is C11H7ClF3N3O2. The maximum atomic E-state index is 12.5. The van der Waals surface area contributed by atoms with E-state index in [1.165, 1.54) is 12.3 Å². The van der Waals surface area contributed by atoms with Gasteiger partial charge in [0.1, 0.15) is 11.4 Å². The van der Waals surface area contributed by atoms with Gasteiger partial charge in [-0.25, -0.2) is 0 Å². The number of amides is 1. The summed E-state index contributed by atoms with van der Waals surface area (Å²) in [6.07, 6.45) is -2.77. The van der Waals surface area contributed by atoms with Crippen molar-refractivity contribution in [3.63, 3.8) is 0 Å². The Labute approximate surface area is 114 Å². The fraction of sp³-hybridized carbons (Fsp3) is 0.0909. The van der Waals surface area contributed by atoms with Crippen LogP contribution in [0.1, 0.15) is 16.1 Å². The molecular weight excluding hydrogens is 299 g/mol. The highest BCUT2D eigenvalue weighted by Crippen LogP contribution is 2.29. The van der Waals surface area contributed by atoms with Crippen molar-refractivity contribution in [1.29, 1.82) is 0 Å². The first-order valence-corrected chi connectivity index (χ1v) is 5.60. The topological polar surface area (TPSA) is 77.8 Å². The number of anilines is 1. The van der Waals surface area contributed by atoms with Crippen molar-refractivity contribution in [3.8, 4) is 0 Å². The van der Waals surface area contributed by atoms with Gasteiger partial charge in [-0.1, -0.05) is 11.6 Å². The lowest BCUT2D eigenvalue weighted by Crippen LogP contribution is -2.21. The Hall–Kier alpha value is -2.22. The van der Waals surface area contributed by atoms with Crippen molar-refractivity contribution in [2.45, 2.75) is 6.18 Å². The predicted molar refractivity (Wildman–Crippen MR) is 65.8 cm³/mol. The number of hydrogen-bond acceptors (Lipinski definition) is 2. The van der Waals surface area contributed by atoms with E-state index in [0.717, 1.165) is 0 Å². The molecule has 2 rings (SSSR count). The smallest absolute Gasteiger partial charge is 0.356 e. The van der Waals surface area contributed by atoms with Crippen LogP contribution in [0.2, 0.25) is 5.02 Å². The first kappa shape index (κ1) is 14.2. The highest BCUT2D eigenvalue weighted by molar-refractivity contribution is 6.31. The highest BCUT2D eigenvalue weighted by Gasteiger charge is 2.31. The minimum atomic E-state index is -4.63. The predicted octanol–water partition coefficient (Wildman–Crippen LogP) is 2.63. The summed E-state index contributed by atoms with van der Waals surface area (Å²) in [5, 5.41) is 2.34. The molecule has 0 aliphatic carbocycles. The number of pyridine rings is 1. The van der Waals surface area contributed by atoms with Gasteiger partial charge in [0, 0.05) is 12.4 Å². The number of halogens is 4. The Morgan fingerprint density at radius 3 is 2.45 bits per heavy atom. The lowest BCUT2D eigenvalue weighted by atomic mass is 10.2. The second-order valence-electron chi connectivity index (χ2n) is 3.81. The van der Waals surface area contributed by atoms with Crippen LogP contribution in [0.4, 0.5) is 18.9 Å². The molecule has 106 valence electrons. The normalized spacial score (nSPS) is 11.4. The summed E-state index contributed by atoms with van der Waals surface area (Å²) in [6, 6.07) is 1.83. The molecule has 0 saturated carbocycles. The molecule has 0 unspecified atom stereocenters. The number of hydrogen-bond donors (Lipinski definition) is 3. The van der Waals surface area contributed by atoms with Crippen molar-refractivity contribution in [1.82, 2.24) is 9.97 Å². The summed E-state index contributed by atoms with van der Waals surface area (Å²) in [7, 11) is 0. The Bertz CT molecular complexity index is 705. The second-order valence-corrected chi connectivity index (χ2v) is 4.25. The molecule has 1 amide bonds. The van der Waals surface area contributed by atoms with E-state index in [1.54, 1.807) is 0 Å². The van der Waals surface area contributed by atoms with E-state index < -0.39 is 28.9 Å². The van der Waals surface area contributed by atoms with Crippen LogP contribution in [0.15, 0.2) is 29.3 Å². The van der Waals surface area contributed by atoms with Gasteiger partial charge in [0.15, 0.2) is 0 Å². The molecule has 0 aliphatic rings. The Morgan fingerprint density at radius 1 is 1.20 bits per heavy atom. The molecule has 0 radical (unpaired) electrons. The van der Waals surface area contributed by atoms with Crippen molar-refractivity contribution in [3.05, 3.63) is 51.2 Å². The van der Waals surface area contributed by atoms with Crippen molar-refractivity contribution >= 4 is 23.2 Å². The molecule has 0 spiro atoms. The van der Waals surface area contributed by atoms with Crippen LogP contribution in [-0.2, 0) is 6.18 Å². The standard InChI is InChI=1S/C11H7ClF3N3O2/c12-6-2-7(16-4-6)10(20)18-8-1-5(11(13,14)15)3-17-9(8)19/h1-4,16H,(H,17,19)(H,18,20). The van der Waals surface area contributed by atoms with Gasteiger partial charge >= 0.3 is 6.18 Å². The molecule has 20 heavy (non-hydrogen) atoms. The quantitative estimate of drug-likeness (QED) is 0.797. The van der Waals surface area contributed by atoms with E-state index in [1.807, 2.05) is 4.98 Å². The summed E-state index contributed by atoms with van der Waals surface area (Å²) in [6.45, 7) is 0. The minimum absolute atomic E-state index is 0.0202. The van der Waals surface area contributed by atoms with Crippen LogP contribution in [0.3, 0.4) is 0 Å². The molecule has 2 aromatic heterocycles. The molecule has 0 aliphatic heterocycles. The van der Waals surface area contributed by atoms with Gasteiger partial charge in [-0.3, -0.25) is 9.59 Å². The third-order valence-corrected chi connectivity index (χ3v) is 2.59. The summed E-state index contributed by atoms with van der Waals surface area (Å²) in [5.74, 6) is -0.776. The number of rotatable bonds is 2. The number of nitrogens with one attached hydrogen (secondary N) is 3. The average molecular weight is 306 g/mol. The Kier molecular flexibility index (Phi) is 3.58. The average Bonchev–Trinajstić information content (AvgIpc) is 2.77. The van der Waals surface area contributed by atoms with Crippen molar-refractivity contribution in [2.24, 2.45) is 0 Å². The van der Waals surface area contributed by atoms with Crippen LogP contribution in [0, 0.1) is 0 Å². The molecule has 0 saturated heterocycles. The largest absolute Gasteiger partial charge is 0.417 e. The van der Waals surface area contributed by atoms with Gasteiger partial charge < -0.3 is 15.3 Å². The number of carbonyl (C=O) groups is 1. The molecule has 0 atom stereocenters. The third kappa shape index (κ3) is 3.02. The fourth-order valence-corrected chi connectivity index (χ4v) is 1.59. The Morgan fingerprint density at radius 2 is 1.90 bits per heavy atom. The SMILES string of the molecule is O=C(Nc1cc(C(F)(F)F)c[nH]c1=O)c1cc(Cl)c[nH]1. The van der Waals surface area contributed by atoms with Gasteiger partial charge in [-0.05, 0) is 12.1 Å². The third-order valence-electron chi connectivity index (χ3n) is 2.37. The van der Waals surface area contributed by atoms with E-state index in [-0.39, 0.29) is 10.7 Å². The monoisotopic (exact) mass is 305 g/mol. The molecule has 3 N–H and O–H groups in total. The van der Waals surface area contributed by atoms with E-state index in [9.17, 15) is 22.8 Å². The number of aromatic nitrogens is 2. The first-order valence-electron chi connectivity index (χ1n) is 5.22. The molecule has 0 fully saturated rings. The lowest BCUT2D eigenvalue weighted by molar-refractivity contribution is -0.137. The van der Waals surface area contributed by atoms with Gasteiger partial charge in [-0.15, -0.1) is 0 Å². The number of H-pyrrole nitrogens is 2. The van der Waals surface area contributed by atoms with Gasteiger partial charge in [0.05, 0.1) is 10.6 Å². The fourth-order valence-electron chi connectivity index (χ4n) is 1.43. The molecule has 2 heterocycles. The van der Waals surface area contributed by atoms with Crippen molar-refractivity contribution in [2.75, 3.05) is 5.32 Å².